The Labute approximate surface area is 99.2 Å². The lowest BCUT2D eigenvalue weighted by Gasteiger charge is -2.32. The molecular formula is C11H16N2O2S. The van der Waals surface area contributed by atoms with Gasteiger partial charge >= 0.3 is 0 Å². The number of hydrogen-bond donors (Lipinski definition) is 0. The maximum atomic E-state index is 10.8. The minimum absolute atomic E-state index is 0.289. The zero-order valence-corrected chi connectivity index (χ0v) is 10.4. The third-order valence-electron chi connectivity index (χ3n) is 2.79. The lowest BCUT2D eigenvalue weighted by Crippen LogP contribution is -2.42. The third-order valence-corrected chi connectivity index (χ3v) is 3.94. The number of aryl methyl sites for hydroxylation is 1. The van der Waals surface area contributed by atoms with Crippen molar-refractivity contribution in [2.24, 2.45) is 0 Å². The molecule has 0 bridgehead atoms. The molecule has 0 amide bonds. The molecule has 1 aliphatic heterocycles. The zero-order chi connectivity index (χ0) is 11.5. The first-order valence-corrected chi connectivity index (χ1v) is 6.35. The Hall–Kier alpha value is -0.940. The van der Waals surface area contributed by atoms with Crippen LogP contribution in [0.4, 0.5) is 5.13 Å². The highest BCUT2D eigenvalue weighted by Crippen LogP contribution is 2.26. The number of anilines is 1. The smallest absolute Gasteiger partial charge is 0.186 e. The number of rotatable bonds is 3. The number of morpholine rings is 1. The minimum atomic E-state index is 0.289. The van der Waals surface area contributed by atoms with Crippen molar-refractivity contribution in [2.75, 3.05) is 24.6 Å². The molecule has 1 fully saturated rings. The maximum absolute atomic E-state index is 10.8. The van der Waals surface area contributed by atoms with Gasteiger partial charge in [0.05, 0.1) is 23.3 Å². The van der Waals surface area contributed by atoms with E-state index >= 15 is 0 Å². The Morgan fingerprint density at radius 1 is 1.69 bits per heavy atom. The summed E-state index contributed by atoms with van der Waals surface area (Å²) in [6.07, 6.45) is 2.19. The monoisotopic (exact) mass is 240 g/mol. The van der Waals surface area contributed by atoms with Gasteiger partial charge in [-0.2, -0.15) is 0 Å². The summed E-state index contributed by atoms with van der Waals surface area (Å²) in [7, 11) is 0. The highest BCUT2D eigenvalue weighted by Gasteiger charge is 2.22. The second-order valence-corrected chi connectivity index (χ2v) is 4.92. The second kappa shape index (κ2) is 4.93. The fraction of sp³-hybridized carbons (Fsp3) is 0.636. The third kappa shape index (κ3) is 2.25. The van der Waals surface area contributed by atoms with Gasteiger partial charge in [-0.05, 0) is 13.3 Å². The van der Waals surface area contributed by atoms with Crippen molar-refractivity contribution in [3.05, 3.63) is 10.6 Å². The second-order valence-electron chi connectivity index (χ2n) is 3.91. The Morgan fingerprint density at radius 3 is 3.12 bits per heavy atom. The van der Waals surface area contributed by atoms with E-state index in [0.717, 1.165) is 48.1 Å². The molecule has 1 saturated heterocycles. The van der Waals surface area contributed by atoms with Crippen molar-refractivity contribution in [3.8, 4) is 0 Å². The van der Waals surface area contributed by atoms with E-state index < -0.39 is 0 Å². The summed E-state index contributed by atoms with van der Waals surface area (Å²) in [5.41, 5.74) is 0.828. The number of nitrogens with zero attached hydrogens (tertiary/aromatic N) is 2. The molecule has 1 aromatic rings. The van der Waals surface area contributed by atoms with Gasteiger partial charge < -0.3 is 9.64 Å². The summed E-state index contributed by atoms with van der Waals surface area (Å²) in [6.45, 7) is 6.48. The topological polar surface area (TPSA) is 42.4 Å². The molecule has 0 aliphatic carbocycles. The first-order chi connectivity index (χ1) is 7.74. The number of thiazole rings is 1. The molecule has 0 aromatic carbocycles. The molecule has 1 aliphatic rings. The van der Waals surface area contributed by atoms with Crippen LogP contribution in [0.1, 0.15) is 28.7 Å². The maximum Gasteiger partial charge on any atom is 0.186 e. The lowest BCUT2D eigenvalue weighted by molar-refractivity contribution is 0.0384. The van der Waals surface area contributed by atoms with Crippen molar-refractivity contribution >= 4 is 22.8 Å². The average Bonchev–Trinajstić information content (AvgIpc) is 2.71. The van der Waals surface area contributed by atoms with Gasteiger partial charge in [0.2, 0.25) is 0 Å². The molecule has 2 heterocycles. The minimum Gasteiger partial charge on any atom is -0.375 e. The van der Waals surface area contributed by atoms with Crippen LogP contribution in [0.3, 0.4) is 0 Å². The molecule has 88 valence electrons. The molecule has 1 unspecified atom stereocenters. The van der Waals surface area contributed by atoms with Crippen molar-refractivity contribution in [1.82, 2.24) is 4.98 Å². The fourth-order valence-electron chi connectivity index (χ4n) is 1.78. The molecule has 1 aromatic heterocycles. The molecule has 5 heteroatoms. The van der Waals surface area contributed by atoms with Gasteiger partial charge in [0.15, 0.2) is 11.4 Å². The molecule has 2 rings (SSSR count). The van der Waals surface area contributed by atoms with E-state index in [4.69, 9.17) is 4.74 Å². The van der Waals surface area contributed by atoms with Crippen LogP contribution in [0.5, 0.6) is 0 Å². The fourth-order valence-corrected chi connectivity index (χ4v) is 2.69. The number of aldehydes is 1. The molecule has 16 heavy (non-hydrogen) atoms. The Kier molecular flexibility index (Phi) is 3.56. The van der Waals surface area contributed by atoms with E-state index in [2.05, 4.69) is 16.8 Å². The van der Waals surface area contributed by atoms with E-state index in [-0.39, 0.29) is 6.10 Å². The quantitative estimate of drug-likeness (QED) is 0.757. The highest BCUT2D eigenvalue weighted by molar-refractivity contribution is 7.17. The number of carbonyl (C=O) groups is 1. The van der Waals surface area contributed by atoms with Gasteiger partial charge in [0.1, 0.15) is 0 Å². The molecule has 0 saturated carbocycles. The molecule has 0 radical (unpaired) electrons. The molecule has 0 spiro atoms. The standard InChI is InChI=1S/C11H16N2O2S/c1-3-9-6-13(4-5-15-9)11-12-8(2)10(7-14)16-11/h7,9H,3-6H2,1-2H3. The number of carbonyl (C=O) groups excluding carboxylic acids is 1. The lowest BCUT2D eigenvalue weighted by atomic mass is 10.2. The van der Waals surface area contributed by atoms with Crippen LogP contribution in [-0.4, -0.2) is 37.1 Å². The Morgan fingerprint density at radius 2 is 2.50 bits per heavy atom. The van der Waals surface area contributed by atoms with Crippen molar-refractivity contribution in [2.45, 2.75) is 26.4 Å². The first kappa shape index (κ1) is 11.5. The predicted octanol–water partition coefficient (Wildman–Crippen LogP) is 1.88. The average molecular weight is 240 g/mol. The van der Waals surface area contributed by atoms with Crippen LogP contribution in [0.25, 0.3) is 0 Å². The van der Waals surface area contributed by atoms with Crippen molar-refractivity contribution < 1.29 is 9.53 Å². The zero-order valence-electron chi connectivity index (χ0n) is 9.60. The molecule has 4 nitrogen and oxygen atoms in total. The van der Waals surface area contributed by atoms with Gasteiger partial charge in [-0.1, -0.05) is 18.3 Å². The van der Waals surface area contributed by atoms with E-state index in [9.17, 15) is 4.79 Å². The van der Waals surface area contributed by atoms with Crippen LogP contribution in [-0.2, 0) is 4.74 Å². The number of hydrogen-bond acceptors (Lipinski definition) is 5. The van der Waals surface area contributed by atoms with Crippen LogP contribution >= 0.6 is 11.3 Å². The van der Waals surface area contributed by atoms with E-state index in [0.29, 0.717) is 0 Å². The highest BCUT2D eigenvalue weighted by atomic mass is 32.1. The number of ether oxygens (including phenoxy) is 1. The van der Waals surface area contributed by atoms with Gasteiger partial charge in [-0.3, -0.25) is 4.79 Å². The Bertz CT molecular complexity index is 378. The van der Waals surface area contributed by atoms with Crippen molar-refractivity contribution in [3.63, 3.8) is 0 Å². The van der Waals surface area contributed by atoms with Gasteiger partial charge in [-0.25, -0.2) is 4.98 Å². The van der Waals surface area contributed by atoms with Gasteiger partial charge in [-0.15, -0.1) is 0 Å². The first-order valence-electron chi connectivity index (χ1n) is 5.53. The summed E-state index contributed by atoms with van der Waals surface area (Å²) < 4.78 is 5.61. The summed E-state index contributed by atoms with van der Waals surface area (Å²) in [6, 6.07) is 0. The summed E-state index contributed by atoms with van der Waals surface area (Å²) in [5, 5.41) is 0.946. The molecule has 0 N–H and O–H groups in total. The largest absolute Gasteiger partial charge is 0.375 e. The SMILES string of the molecule is CCC1CN(c2nc(C)c(C=O)s2)CCO1. The van der Waals surface area contributed by atoms with Crippen LogP contribution in [0, 0.1) is 6.92 Å². The van der Waals surface area contributed by atoms with Gasteiger partial charge in [0, 0.05) is 13.1 Å². The predicted molar refractivity (Wildman–Crippen MR) is 64.5 cm³/mol. The van der Waals surface area contributed by atoms with Crippen LogP contribution in [0.15, 0.2) is 0 Å². The molecule has 1 atom stereocenters. The normalized spacial score (nSPS) is 21.1. The summed E-state index contributed by atoms with van der Waals surface area (Å²) in [4.78, 5) is 18.1. The van der Waals surface area contributed by atoms with E-state index in [1.165, 1.54) is 11.3 Å². The van der Waals surface area contributed by atoms with Gasteiger partial charge in [0.25, 0.3) is 0 Å². The van der Waals surface area contributed by atoms with Crippen LogP contribution < -0.4 is 4.90 Å². The van der Waals surface area contributed by atoms with Crippen LogP contribution in [0.2, 0.25) is 0 Å². The Balaban J connectivity index is 2.13. The van der Waals surface area contributed by atoms with E-state index in [1.807, 2.05) is 6.92 Å². The summed E-state index contributed by atoms with van der Waals surface area (Å²) in [5.74, 6) is 0. The van der Waals surface area contributed by atoms with Crippen molar-refractivity contribution in [1.29, 1.82) is 0 Å². The van der Waals surface area contributed by atoms with E-state index in [1.54, 1.807) is 0 Å². The number of aromatic nitrogens is 1. The summed E-state index contributed by atoms with van der Waals surface area (Å²) >= 11 is 1.47. The molecular weight excluding hydrogens is 224 g/mol.